The molecule has 0 aliphatic rings. The number of carbonyl (C=O) groups excluding carboxylic acids is 1. The molecule has 0 aliphatic carbocycles. The molecule has 7 heteroatoms. The van der Waals surface area contributed by atoms with Crippen molar-refractivity contribution < 1.29 is 13.9 Å². The summed E-state index contributed by atoms with van der Waals surface area (Å²) in [7, 11) is -1.69. The predicted octanol–water partition coefficient (Wildman–Crippen LogP) is 6.73. The smallest absolute Gasteiger partial charge is 0.397 e. The number of nitrogens with two attached hydrogens (primary N) is 1. The van der Waals surface area contributed by atoms with Gasteiger partial charge in [-0.1, -0.05) is 38.1 Å². The van der Waals surface area contributed by atoms with Gasteiger partial charge in [-0.2, -0.15) is 0 Å². The van der Waals surface area contributed by atoms with E-state index in [1.807, 2.05) is 62.5 Å². The summed E-state index contributed by atoms with van der Waals surface area (Å²) < 4.78 is 17.6. The Bertz CT molecular complexity index is 1020. The number of anilines is 2. The van der Waals surface area contributed by atoms with Crippen LogP contribution in [0, 0.1) is 5.92 Å². The zero-order chi connectivity index (χ0) is 21.7. The molecule has 0 saturated heterocycles. The van der Waals surface area contributed by atoms with Gasteiger partial charge in [0.15, 0.2) is 6.16 Å². The molecule has 2 aromatic carbocycles. The van der Waals surface area contributed by atoms with E-state index in [0.29, 0.717) is 23.1 Å². The van der Waals surface area contributed by atoms with Crippen molar-refractivity contribution in [2.45, 2.75) is 26.9 Å². The van der Waals surface area contributed by atoms with Crippen LogP contribution in [0.2, 0.25) is 0 Å². The number of nitrogens with one attached hydrogen (secondary N) is 1. The first-order valence-corrected chi connectivity index (χ1v) is 12.1. The van der Waals surface area contributed by atoms with Crippen LogP contribution in [0.3, 0.4) is 0 Å². The lowest BCUT2D eigenvalue weighted by Gasteiger charge is -2.16. The van der Waals surface area contributed by atoms with Crippen LogP contribution in [0.1, 0.15) is 42.8 Å². The molecule has 3 rings (SSSR count). The molecule has 2 unspecified atom stereocenters. The van der Waals surface area contributed by atoms with Gasteiger partial charge in [-0.15, -0.1) is 15.9 Å². The number of thiophene rings is 1. The quantitative estimate of drug-likeness (QED) is 0.300. The Morgan fingerprint density at radius 2 is 1.90 bits per heavy atom. The number of nitrogen functional groups attached to an aromatic ring is 1. The maximum Gasteiger partial charge on any atom is 0.508 e. The number of carbonyl (C=O) groups is 1. The largest absolute Gasteiger partial charge is 0.508 e. The minimum atomic E-state index is -1.69. The third kappa shape index (κ3) is 5.33. The standard InChI is InChI=1S/C23H25N2O3PS/c1-4-29(27)28-22(15(2)3)16-7-9-17(10-8-16)23(26)25-20-14-18(11-12-19(20)24)21-6-5-13-30-21/h5-15,22H,4,24H2,1-3H3/p+1. The second-order valence-electron chi connectivity index (χ2n) is 7.27. The topological polar surface area (TPSA) is 81.4 Å². The summed E-state index contributed by atoms with van der Waals surface area (Å²) in [6.45, 7) is 5.88. The van der Waals surface area contributed by atoms with E-state index in [1.54, 1.807) is 29.5 Å². The molecule has 30 heavy (non-hydrogen) atoms. The van der Waals surface area contributed by atoms with Gasteiger partial charge in [0, 0.05) is 10.4 Å². The summed E-state index contributed by atoms with van der Waals surface area (Å²) in [5, 5.41) is 4.91. The van der Waals surface area contributed by atoms with Crippen LogP contribution in [-0.4, -0.2) is 12.1 Å². The van der Waals surface area contributed by atoms with Gasteiger partial charge < -0.3 is 11.1 Å². The molecule has 0 saturated carbocycles. The van der Waals surface area contributed by atoms with Gasteiger partial charge in [0.05, 0.1) is 11.4 Å². The summed E-state index contributed by atoms with van der Waals surface area (Å²) >= 11 is 1.63. The number of amides is 1. The molecular formula is C23H26N2O3PS+. The summed E-state index contributed by atoms with van der Waals surface area (Å²) in [6.07, 6.45) is 0.203. The van der Waals surface area contributed by atoms with Crippen molar-refractivity contribution in [3.05, 3.63) is 71.1 Å². The molecule has 3 N–H and O–H groups in total. The van der Waals surface area contributed by atoms with E-state index < -0.39 is 8.03 Å². The van der Waals surface area contributed by atoms with Crippen molar-refractivity contribution in [2.24, 2.45) is 5.92 Å². The molecule has 5 nitrogen and oxygen atoms in total. The third-order valence-electron chi connectivity index (χ3n) is 4.70. The molecule has 156 valence electrons. The predicted molar refractivity (Wildman–Crippen MR) is 125 cm³/mol. The molecule has 1 aromatic heterocycles. The maximum absolute atomic E-state index is 12.8. The van der Waals surface area contributed by atoms with Gasteiger partial charge in [-0.05, 0) is 64.2 Å². The molecule has 0 bridgehead atoms. The number of hydrogen-bond donors (Lipinski definition) is 2. The average Bonchev–Trinajstić information content (AvgIpc) is 3.28. The molecule has 0 aliphatic heterocycles. The second-order valence-corrected chi connectivity index (χ2v) is 9.73. The highest BCUT2D eigenvalue weighted by molar-refractivity contribution is 7.39. The van der Waals surface area contributed by atoms with E-state index in [0.717, 1.165) is 16.0 Å². The molecule has 2 atom stereocenters. The van der Waals surface area contributed by atoms with E-state index in [2.05, 4.69) is 5.32 Å². The average molecular weight is 442 g/mol. The Morgan fingerprint density at radius 1 is 1.17 bits per heavy atom. The summed E-state index contributed by atoms with van der Waals surface area (Å²) in [5.74, 6) is -0.0757. The fraction of sp³-hybridized carbons (Fsp3) is 0.261. The minimum Gasteiger partial charge on any atom is -0.397 e. The second kappa shape index (κ2) is 9.98. The minimum absolute atomic E-state index is 0.162. The first-order valence-electron chi connectivity index (χ1n) is 9.85. The van der Waals surface area contributed by atoms with Crippen LogP contribution in [0.5, 0.6) is 0 Å². The Morgan fingerprint density at radius 3 is 2.50 bits per heavy atom. The van der Waals surface area contributed by atoms with E-state index in [1.165, 1.54) is 0 Å². The number of hydrogen-bond acceptors (Lipinski definition) is 5. The third-order valence-corrected chi connectivity index (χ3v) is 6.60. The van der Waals surface area contributed by atoms with Crippen molar-refractivity contribution in [3.63, 3.8) is 0 Å². The van der Waals surface area contributed by atoms with E-state index in [4.69, 9.17) is 10.3 Å². The van der Waals surface area contributed by atoms with Crippen LogP contribution < -0.4 is 11.1 Å². The Hall–Kier alpha value is -2.53. The molecule has 0 radical (unpaired) electrons. The van der Waals surface area contributed by atoms with Gasteiger partial charge >= 0.3 is 8.03 Å². The summed E-state index contributed by atoms with van der Waals surface area (Å²) in [5.41, 5.74) is 9.59. The lowest BCUT2D eigenvalue weighted by molar-refractivity contribution is 0.102. The highest BCUT2D eigenvalue weighted by Gasteiger charge is 2.27. The molecule has 3 aromatic rings. The summed E-state index contributed by atoms with van der Waals surface area (Å²) in [4.78, 5) is 13.9. The molecule has 1 amide bonds. The fourth-order valence-corrected chi connectivity index (χ4v) is 4.54. The van der Waals surface area contributed by atoms with Gasteiger partial charge in [-0.3, -0.25) is 4.79 Å². The first kappa shape index (κ1) is 22.2. The summed E-state index contributed by atoms with van der Waals surface area (Å²) in [6, 6.07) is 16.8. The zero-order valence-corrected chi connectivity index (χ0v) is 19.0. The molecule has 0 fully saturated rings. The highest BCUT2D eigenvalue weighted by atomic mass is 32.1. The van der Waals surface area contributed by atoms with Crippen molar-refractivity contribution in [2.75, 3.05) is 17.2 Å². The van der Waals surface area contributed by atoms with Gasteiger partial charge in [0.25, 0.3) is 5.91 Å². The van der Waals surface area contributed by atoms with E-state index >= 15 is 0 Å². The van der Waals surface area contributed by atoms with E-state index in [-0.39, 0.29) is 17.9 Å². The number of benzene rings is 2. The van der Waals surface area contributed by atoms with Crippen LogP contribution in [0.25, 0.3) is 10.4 Å². The number of rotatable bonds is 8. The first-order chi connectivity index (χ1) is 14.4. The Labute approximate surface area is 182 Å². The van der Waals surface area contributed by atoms with Gasteiger partial charge in [-0.25, -0.2) is 0 Å². The highest BCUT2D eigenvalue weighted by Crippen LogP contribution is 2.36. The van der Waals surface area contributed by atoms with Crippen molar-refractivity contribution in [1.29, 1.82) is 0 Å². The Kier molecular flexibility index (Phi) is 7.38. The lowest BCUT2D eigenvalue weighted by Crippen LogP contribution is -2.14. The molecule has 0 spiro atoms. The normalized spacial score (nSPS) is 12.6. The van der Waals surface area contributed by atoms with Crippen LogP contribution in [-0.2, 0) is 9.09 Å². The van der Waals surface area contributed by atoms with Crippen LogP contribution in [0.4, 0.5) is 11.4 Å². The SMILES string of the molecule is CC[P+](=O)OC(c1ccc(C(=O)Nc2cc(-c3cccs3)ccc2N)cc1)C(C)C. The van der Waals surface area contributed by atoms with Gasteiger partial charge in [0.2, 0.25) is 0 Å². The van der Waals surface area contributed by atoms with Crippen molar-refractivity contribution in [1.82, 2.24) is 0 Å². The van der Waals surface area contributed by atoms with Gasteiger partial charge in [0.1, 0.15) is 6.10 Å². The monoisotopic (exact) mass is 441 g/mol. The molecular weight excluding hydrogens is 415 g/mol. The van der Waals surface area contributed by atoms with Crippen molar-refractivity contribution in [3.8, 4) is 10.4 Å². The zero-order valence-electron chi connectivity index (χ0n) is 17.3. The Balaban J connectivity index is 1.76. The fourth-order valence-electron chi connectivity index (χ4n) is 3.05. The lowest BCUT2D eigenvalue weighted by atomic mass is 9.98. The molecule has 1 heterocycles. The van der Waals surface area contributed by atoms with Crippen LogP contribution >= 0.6 is 19.4 Å². The maximum atomic E-state index is 12.8. The van der Waals surface area contributed by atoms with Crippen molar-refractivity contribution >= 4 is 36.6 Å². The van der Waals surface area contributed by atoms with E-state index in [9.17, 15) is 9.36 Å². The van der Waals surface area contributed by atoms with Crippen LogP contribution in [0.15, 0.2) is 60.0 Å².